The van der Waals surface area contributed by atoms with Crippen LogP contribution in [-0.2, 0) is 21.7 Å². The van der Waals surface area contributed by atoms with Crippen LogP contribution >= 0.6 is 11.3 Å². The van der Waals surface area contributed by atoms with Gasteiger partial charge in [0.05, 0.1) is 16.9 Å². The Balaban J connectivity index is 1.86. The summed E-state index contributed by atoms with van der Waals surface area (Å²) in [6, 6.07) is 6.61. The highest BCUT2D eigenvalue weighted by molar-refractivity contribution is 7.90. The smallest absolute Gasteiger partial charge is 0.306 e. The summed E-state index contributed by atoms with van der Waals surface area (Å²) in [6.07, 6.45) is 4.21. The molecule has 1 aromatic heterocycles. The van der Waals surface area contributed by atoms with Gasteiger partial charge in [0.2, 0.25) is 4.80 Å². The molecular formula is C17H21N3O4S2. The van der Waals surface area contributed by atoms with E-state index in [1.165, 1.54) is 17.6 Å². The third kappa shape index (κ3) is 4.21. The molecule has 9 heteroatoms. The number of aryl methyl sites for hydroxylation is 1. The summed E-state index contributed by atoms with van der Waals surface area (Å²) in [7, 11) is -1.42. The molecule has 0 spiro atoms. The molecule has 1 aromatic carbocycles. The van der Waals surface area contributed by atoms with Crippen LogP contribution in [0.4, 0.5) is 0 Å². The van der Waals surface area contributed by atoms with E-state index in [4.69, 9.17) is 4.99 Å². The predicted octanol–water partition coefficient (Wildman–Crippen LogP) is 2.10. The van der Waals surface area contributed by atoms with Crippen LogP contribution in [0, 0.1) is 5.92 Å². The number of hydrogen-bond donors (Lipinski definition) is 1. The van der Waals surface area contributed by atoms with Crippen LogP contribution in [-0.4, -0.2) is 41.6 Å². The number of hydrogen-bond acceptors (Lipinski definition) is 6. The van der Waals surface area contributed by atoms with Crippen LogP contribution < -0.4 is 4.80 Å². The van der Waals surface area contributed by atoms with E-state index < -0.39 is 15.8 Å². The Labute approximate surface area is 156 Å². The molecule has 0 aliphatic heterocycles. The number of carboxylic acids is 1. The molecule has 140 valence electrons. The quantitative estimate of drug-likeness (QED) is 0.854. The minimum absolute atomic E-state index is 0.00281. The number of rotatable bonds is 4. The van der Waals surface area contributed by atoms with Gasteiger partial charge < -0.3 is 5.11 Å². The van der Waals surface area contributed by atoms with E-state index in [1.807, 2.05) is 0 Å². The topological polar surface area (TPSA) is 102 Å². The SMILES string of the molecule is Cn1nc(-c2ccc(S(C)(=O)=O)cc2)s/c1=N/C1CCCC(C(=O)O)C1. The van der Waals surface area contributed by atoms with Gasteiger partial charge in [0, 0.05) is 18.9 Å². The van der Waals surface area contributed by atoms with Gasteiger partial charge in [0.1, 0.15) is 5.01 Å². The maximum atomic E-state index is 11.6. The second-order valence-electron chi connectivity index (χ2n) is 6.59. The molecule has 0 amide bonds. The molecule has 1 N–H and O–H groups in total. The summed E-state index contributed by atoms with van der Waals surface area (Å²) < 4.78 is 24.8. The summed E-state index contributed by atoms with van der Waals surface area (Å²) in [5.41, 5.74) is 0.825. The highest BCUT2D eigenvalue weighted by atomic mass is 32.2. The monoisotopic (exact) mass is 395 g/mol. The Morgan fingerprint density at radius 2 is 2.00 bits per heavy atom. The van der Waals surface area contributed by atoms with Crippen LogP contribution in [0.15, 0.2) is 34.2 Å². The summed E-state index contributed by atoms with van der Waals surface area (Å²) in [5.74, 6) is -1.07. The molecule has 0 saturated heterocycles. The first kappa shape index (κ1) is 18.8. The highest BCUT2D eigenvalue weighted by Gasteiger charge is 2.26. The molecule has 1 aliphatic carbocycles. The number of aromatic nitrogens is 2. The molecule has 1 heterocycles. The lowest BCUT2D eigenvalue weighted by molar-refractivity contribution is -0.142. The van der Waals surface area contributed by atoms with E-state index in [0.29, 0.717) is 12.8 Å². The van der Waals surface area contributed by atoms with E-state index in [1.54, 1.807) is 36.0 Å². The Morgan fingerprint density at radius 3 is 2.62 bits per heavy atom. The van der Waals surface area contributed by atoms with Gasteiger partial charge in [-0.05, 0) is 31.4 Å². The molecule has 2 aromatic rings. The first-order valence-electron chi connectivity index (χ1n) is 8.35. The van der Waals surface area contributed by atoms with Crippen molar-refractivity contribution in [3.8, 4) is 10.6 Å². The van der Waals surface area contributed by atoms with Crippen LogP contribution in [0.2, 0.25) is 0 Å². The van der Waals surface area contributed by atoms with Crippen LogP contribution in [0.25, 0.3) is 10.6 Å². The number of aliphatic carboxylic acids is 1. The summed E-state index contributed by atoms with van der Waals surface area (Å²) >= 11 is 1.42. The second kappa shape index (κ2) is 7.32. The van der Waals surface area contributed by atoms with Crippen molar-refractivity contribution in [3.05, 3.63) is 29.1 Å². The highest BCUT2D eigenvalue weighted by Crippen LogP contribution is 2.27. The molecule has 0 radical (unpaired) electrons. The third-order valence-electron chi connectivity index (χ3n) is 4.52. The minimum Gasteiger partial charge on any atom is -0.481 e. The maximum Gasteiger partial charge on any atom is 0.306 e. The standard InChI is InChI=1S/C17H21N3O4S2/c1-20-17(18-13-5-3-4-12(10-13)16(21)22)25-15(19-20)11-6-8-14(9-7-11)26(2,23)24/h6-9,12-13H,3-5,10H2,1-2H3,(H,21,22)/b18-17+. The van der Waals surface area contributed by atoms with Crippen LogP contribution in [0.1, 0.15) is 25.7 Å². The van der Waals surface area contributed by atoms with Crippen molar-refractivity contribution >= 4 is 27.1 Å². The van der Waals surface area contributed by atoms with E-state index in [0.717, 1.165) is 28.2 Å². The predicted molar refractivity (Wildman–Crippen MR) is 98.6 cm³/mol. The lowest BCUT2D eigenvalue weighted by Crippen LogP contribution is -2.27. The first-order valence-corrected chi connectivity index (χ1v) is 11.1. The summed E-state index contributed by atoms with van der Waals surface area (Å²) in [5, 5.41) is 14.4. The first-order chi connectivity index (χ1) is 12.2. The number of carboxylic acid groups (broad SMARTS) is 1. The van der Waals surface area contributed by atoms with E-state index in [9.17, 15) is 18.3 Å². The van der Waals surface area contributed by atoms with Crippen LogP contribution in [0.3, 0.4) is 0 Å². The fraction of sp³-hybridized carbons (Fsp3) is 0.471. The van der Waals surface area contributed by atoms with Gasteiger partial charge in [-0.25, -0.2) is 13.1 Å². The van der Waals surface area contributed by atoms with Crippen molar-refractivity contribution in [2.75, 3.05) is 6.26 Å². The minimum atomic E-state index is -3.22. The zero-order valence-corrected chi connectivity index (χ0v) is 16.3. The van der Waals surface area contributed by atoms with Crippen molar-refractivity contribution in [3.63, 3.8) is 0 Å². The largest absolute Gasteiger partial charge is 0.481 e. The molecular weight excluding hydrogens is 374 g/mol. The van der Waals surface area contributed by atoms with E-state index in [-0.39, 0.29) is 16.9 Å². The molecule has 26 heavy (non-hydrogen) atoms. The zero-order valence-electron chi connectivity index (χ0n) is 14.6. The molecule has 2 unspecified atom stereocenters. The second-order valence-corrected chi connectivity index (χ2v) is 9.57. The van der Waals surface area contributed by atoms with E-state index >= 15 is 0 Å². The van der Waals surface area contributed by atoms with Crippen molar-refractivity contribution in [2.24, 2.45) is 18.0 Å². The Morgan fingerprint density at radius 1 is 1.31 bits per heavy atom. The molecule has 7 nitrogen and oxygen atoms in total. The van der Waals surface area contributed by atoms with Gasteiger partial charge in [-0.3, -0.25) is 9.79 Å². The number of sulfone groups is 1. The molecule has 1 fully saturated rings. The molecule has 2 atom stereocenters. The lowest BCUT2D eigenvalue weighted by atomic mass is 9.86. The van der Waals surface area contributed by atoms with Crippen molar-refractivity contribution in [2.45, 2.75) is 36.6 Å². The average molecular weight is 396 g/mol. The van der Waals surface area contributed by atoms with Crippen molar-refractivity contribution in [1.82, 2.24) is 9.78 Å². The fourth-order valence-corrected chi connectivity index (χ4v) is 4.68. The van der Waals surface area contributed by atoms with E-state index in [2.05, 4.69) is 5.10 Å². The lowest BCUT2D eigenvalue weighted by Gasteiger charge is -2.23. The van der Waals surface area contributed by atoms with Crippen LogP contribution in [0.5, 0.6) is 0 Å². The molecule has 0 bridgehead atoms. The normalized spacial score (nSPS) is 21.7. The van der Waals surface area contributed by atoms with Gasteiger partial charge in [-0.2, -0.15) is 5.10 Å². The molecule has 1 aliphatic rings. The Bertz CT molecular complexity index is 974. The van der Waals surface area contributed by atoms with Gasteiger partial charge in [0.15, 0.2) is 9.84 Å². The van der Waals surface area contributed by atoms with Gasteiger partial charge in [-0.15, -0.1) is 0 Å². The number of carbonyl (C=O) groups is 1. The average Bonchev–Trinajstić information content (AvgIpc) is 2.95. The fourth-order valence-electron chi connectivity index (χ4n) is 3.08. The Kier molecular flexibility index (Phi) is 5.29. The number of nitrogens with zero attached hydrogens (tertiary/aromatic N) is 3. The van der Waals surface area contributed by atoms with Crippen molar-refractivity contribution < 1.29 is 18.3 Å². The summed E-state index contributed by atoms with van der Waals surface area (Å²) in [6.45, 7) is 0. The third-order valence-corrected chi connectivity index (χ3v) is 6.72. The van der Waals surface area contributed by atoms with Crippen molar-refractivity contribution in [1.29, 1.82) is 0 Å². The summed E-state index contributed by atoms with van der Waals surface area (Å²) in [4.78, 5) is 16.9. The van der Waals surface area contributed by atoms with Gasteiger partial charge in [-0.1, -0.05) is 29.9 Å². The maximum absolute atomic E-state index is 11.6. The molecule has 1 saturated carbocycles. The molecule has 3 rings (SSSR count). The van der Waals surface area contributed by atoms with Gasteiger partial charge >= 0.3 is 5.97 Å². The van der Waals surface area contributed by atoms with Gasteiger partial charge in [0.25, 0.3) is 0 Å². The number of benzene rings is 1. The zero-order chi connectivity index (χ0) is 18.9. The Hall–Kier alpha value is -2.00.